The summed E-state index contributed by atoms with van der Waals surface area (Å²) < 4.78 is 2.32. The fourth-order valence-electron chi connectivity index (χ4n) is 2.16. The first-order valence-electron chi connectivity index (χ1n) is 5.57. The van der Waals surface area contributed by atoms with Crippen LogP contribution >= 0.6 is 15.9 Å². The number of nitrogens with zero attached hydrogens (tertiary/aromatic N) is 3. The molecule has 1 amide bonds. The maximum absolute atomic E-state index is 10.9. The second kappa shape index (κ2) is 4.95. The molecule has 2 rings (SSSR count). The Bertz CT molecular complexity index is 384. The number of aromatic nitrogens is 3. The van der Waals surface area contributed by atoms with Crippen molar-refractivity contribution >= 4 is 21.8 Å². The minimum atomic E-state index is -0.580. The van der Waals surface area contributed by atoms with Crippen molar-refractivity contribution in [3.05, 3.63) is 10.6 Å². The topological polar surface area (TPSA) is 73.8 Å². The van der Waals surface area contributed by atoms with Crippen molar-refractivity contribution in [3.8, 4) is 0 Å². The van der Waals surface area contributed by atoms with Crippen molar-refractivity contribution in [2.24, 2.45) is 11.7 Å². The number of hydrogen-bond acceptors (Lipinski definition) is 3. The number of halogens is 1. The lowest BCUT2D eigenvalue weighted by atomic mass is 9.89. The number of carbonyl (C=O) groups excluding carboxylic acids is 1. The molecule has 5 nitrogen and oxygen atoms in total. The van der Waals surface area contributed by atoms with E-state index < -0.39 is 5.91 Å². The van der Waals surface area contributed by atoms with Crippen molar-refractivity contribution in [2.75, 3.05) is 0 Å². The molecule has 0 aliphatic heterocycles. The minimum Gasteiger partial charge on any atom is -0.363 e. The molecule has 16 heavy (non-hydrogen) atoms. The highest BCUT2D eigenvalue weighted by molar-refractivity contribution is 9.10. The van der Waals surface area contributed by atoms with Gasteiger partial charge in [-0.3, -0.25) is 4.79 Å². The third-order valence-electron chi connectivity index (χ3n) is 3.00. The fourth-order valence-corrected chi connectivity index (χ4v) is 2.55. The molecule has 1 aliphatic carbocycles. The smallest absolute Gasteiger partial charge is 0.288 e. The second-order valence-corrected chi connectivity index (χ2v) is 4.96. The van der Waals surface area contributed by atoms with Gasteiger partial charge in [-0.1, -0.05) is 19.3 Å². The predicted octanol–water partition coefficient (Wildman–Crippen LogP) is 1.72. The summed E-state index contributed by atoms with van der Waals surface area (Å²) in [4.78, 5) is 14.9. The number of primary amides is 1. The summed E-state index contributed by atoms with van der Waals surface area (Å²) in [5.74, 6) is 0.151. The highest BCUT2D eigenvalue weighted by atomic mass is 79.9. The van der Waals surface area contributed by atoms with Crippen LogP contribution in [-0.2, 0) is 6.54 Å². The molecule has 1 aromatic heterocycles. The van der Waals surface area contributed by atoms with Crippen molar-refractivity contribution in [3.63, 3.8) is 0 Å². The van der Waals surface area contributed by atoms with Gasteiger partial charge >= 0.3 is 0 Å². The van der Waals surface area contributed by atoms with Gasteiger partial charge in [0.15, 0.2) is 4.73 Å². The maximum atomic E-state index is 10.9. The highest BCUT2D eigenvalue weighted by Crippen LogP contribution is 2.25. The van der Waals surface area contributed by atoms with Crippen LogP contribution in [0, 0.1) is 5.92 Å². The predicted molar refractivity (Wildman–Crippen MR) is 62.8 cm³/mol. The maximum Gasteiger partial charge on any atom is 0.288 e. The van der Waals surface area contributed by atoms with Crippen LogP contribution in [0.5, 0.6) is 0 Å². The third kappa shape index (κ3) is 2.61. The Morgan fingerprint density at radius 3 is 2.69 bits per heavy atom. The second-order valence-electron chi connectivity index (χ2n) is 4.25. The van der Waals surface area contributed by atoms with Crippen LogP contribution in [0.4, 0.5) is 0 Å². The summed E-state index contributed by atoms with van der Waals surface area (Å²) in [7, 11) is 0. The molecule has 2 N–H and O–H groups in total. The lowest BCUT2D eigenvalue weighted by molar-refractivity contribution is 0.0990. The number of amides is 1. The molecule has 6 heteroatoms. The number of rotatable bonds is 3. The van der Waals surface area contributed by atoms with Crippen molar-refractivity contribution in [1.82, 2.24) is 14.8 Å². The molecule has 1 heterocycles. The SMILES string of the molecule is NC(=O)c1nc(Br)n(CC2CCCCC2)n1. The number of hydrogen-bond donors (Lipinski definition) is 1. The summed E-state index contributed by atoms with van der Waals surface area (Å²) in [5, 5.41) is 4.09. The average molecular weight is 287 g/mol. The van der Waals surface area contributed by atoms with Crippen LogP contribution in [-0.4, -0.2) is 20.7 Å². The van der Waals surface area contributed by atoms with E-state index >= 15 is 0 Å². The zero-order valence-electron chi connectivity index (χ0n) is 9.03. The molecule has 0 unspecified atom stereocenters. The van der Waals surface area contributed by atoms with Gasteiger partial charge in [-0.05, 0) is 34.7 Å². The van der Waals surface area contributed by atoms with Crippen LogP contribution in [0.15, 0.2) is 4.73 Å². The van der Waals surface area contributed by atoms with E-state index in [9.17, 15) is 4.79 Å². The monoisotopic (exact) mass is 286 g/mol. The highest BCUT2D eigenvalue weighted by Gasteiger charge is 2.18. The van der Waals surface area contributed by atoms with E-state index in [1.54, 1.807) is 4.68 Å². The Morgan fingerprint density at radius 1 is 1.44 bits per heavy atom. The summed E-state index contributed by atoms with van der Waals surface area (Å²) >= 11 is 3.29. The normalized spacial score (nSPS) is 17.6. The van der Waals surface area contributed by atoms with Gasteiger partial charge in [-0.25, -0.2) is 4.68 Å². The Labute approximate surface area is 103 Å². The summed E-state index contributed by atoms with van der Waals surface area (Å²) in [6.45, 7) is 0.820. The van der Waals surface area contributed by atoms with Gasteiger partial charge in [0, 0.05) is 6.54 Å². The number of carbonyl (C=O) groups is 1. The van der Waals surface area contributed by atoms with Crippen LogP contribution in [0.2, 0.25) is 0 Å². The van der Waals surface area contributed by atoms with E-state index in [1.165, 1.54) is 32.1 Å². The molecule has 1 aromatic rings. The lowest BCUT2D eigenvalue weighted by Crippen LogP contribution is -2.17. The lowest BCUT2D eigenvalue weighted by Gasteiger charge is -2.21. The number of nitrogens with two attached hydrogens (primary N) is 1. The van der Waals surface area contributed by atoms with Crippen molar-refractivity contribution in [2.45, 2.75) is 38.6 Å². The molecule has 1 fully saturated rings. The van der Waals surface area contributed by atoms with Gasteiger partial charge in [0.25, 0.3) is 5.91 Å². The van der Waals surface area contributed by atoms with Crippen molar-refractivity contribution < 1.29 is 4.79 Å². The van der Waals surface area contributed by atoms with Gasteiger partial charge < -0.3 is 5.73 Å². The Hall–Kier alpha value is -0.910. The first kappa shape index (κ1) is 11.6. The third-order valence-corrected chi connectivity index (χ3v) is 3.59. The van der Waals surface area contributed by atoms with E-state index in [0.717, 1.165) is 6.54 Å². The van der Waals surface area contributed by atoms with Crippen LogP contribution in [0.1, 0.15) is 42.7 Å². The fraction of sp³-hybridized carbons (Fsp3) is 0.700. The Morgan fingerprint density at radius 2 is 2.12 bits per heavy atom. The largest absolute Gasteiger partial charge is 0.363 e. The van der Waals surface area contributed by atoms with Crippen LogP contribution in [0.3, 0.4) is 0 Å². The van der Waals surface area contributed by atoms with E-state index in [4.69, 9.17) is 5.73 Å². The van der Waals surface area contributed by atoms with Gasteiger partial charge in [0.2, 0.25) is 5.82 Å². The van der Waals surface area contributed by atoms with Gasteiger partial charge in [-0.15, -0.1) is 5.10 Å². The summed E-state index contributed by atoms with van der Waals surface area (Å²) in [6, 6.07) is 0. The Kier molecular flexibility index (Phi) is 3.58. The molecule has 88 valence electrons. The van der Waals surface area contributed by atoms with Gasteiger partial charge in [0.05, 0.1) is 0 Å². The first-order chi connectivity index (χ1) is 7.66. The molecule has 0 spiro atoms. The quantitative estimate of drug-likeness (QED) is 0.919. The van der Waals surface area contributed by atoms with Gasteiger partial charge in [0.1, 0.15) is 0 Å². The molecule has 1 saturated carbocycles. The molecule has 0 radical (unpaired) electrons. The standard InChI is InChI=1S/C10H15BrN4O/c11-10-13-9(8(12)16)14-15(10)6-7-4-2-1-3-5-7/h7H,1-6H2,(H2,12,16). The zero-order chi connectivity index (χ0) is 11.5. The molecule has 0 atom stereocenters. The first-order valence-corrected chi connectivity index (χ1v) is 6.36. The molecular formula is C10H15BrN4O. The summed E-state index contributed by atoms with van der Waals surface area (Å²) in [6.07, 6.45) is 6.39. The molecule has 0 aromatic carbocycles. The zero-order valence-corrected chi connectivity index (χ0v) is 10.6. The van der Waals surface area contributed by atoms with Crippen LogP contribution < -0.4 is 5.73 Å². The molecular weight excluding hydrogens is 272 g/mol. The van der Waals surface area contributed by atoms with E-state index in [1.807, 2.05) is 0 Å². The Balaban J connectivity index is 2.05. The summed E-state index contributed by atoms with van der Waals surface area (Å²) in [5.41, 5.74) is 5.13. The average Bonchev–Trinajstić information content (AvgIpc) is 2.62. The van der Waals surface area contributed by atoms with E-state index in [2.05, 4.69) is 26.0 Å². The van der Waals surface area contributed by atoms with Gasteiger partial charge in [-0.2, -0.15) is 4.98 Å². The van der Waals surface area contributed by atoms with E-state index in [0.29, 0.717) is 10.7 Å². The molecule has 0 bridgehead atoms. The van der Waals surface area contributed by atoms with Crippen LogP contribution in [0.25, 0.3) is 0 Å². The van der Waals surface area contributed by atoms with E-state index in [-0.39, 0.29) is 5.82 Å². The molecule has 0 saturated heterocycles. The van der Waals surface area contributed by atoms with Crippen molar-refractivity contribution in [1.29, 1.82) is 0 Å². The molecule has 1 aliphatic rings. The minimum absolute atomic E-state index is 0.0858.